The second kappa shape index (κ2) is 8.10. The molecule has 1 heterocycles. The molecule has 0 unspecified atom stereocenters. The number of ketones is 1. The summed E-state index contributed by atoms with van der Waals surface area (Å²) < 4.78 is 22.0. The summed E-state index contributed by atoms with van der Waals surface area (Å²) in [6.07, 6.45) is 1.71. The van der Waals surface area contributed by atoms with E-state index in [1.54, 1.807) is 38.5 Å². The van der Waals surface area contributed by atoms with Crippen LogP contribution >= 0.6 is 0 Å². The minimum Gasteiger partial charge on any atom is -0.497 e. The molecule has 0 aromatic heterocycles. The normalized spacial score (nSPS) is 13.7. The average molecular weight is 388 g/mol. The Morgan fingerprint density at radius 1 is 0.862 bits per heavy atom. The van der Waals surface area contributed by atoms with Crippen molar-refractivity contribution >= 4 is 11.9 Å². The third kappa shape index (κ3) is 4.09. The number of fused-ring (bicyclic) bond motifs is 1. The number of hydrogen-bond acceptors (Lipinski definition) is 5. The highest BCUT2D eigenvalue weighted by Crippen LogP contribution is 2.35. The monoisotopic (exact) mass is 388 g/mol. The molecule has 0 amide bonds. The minimum absolute atomic E-state index is 0.149. The van der Waals surface area contributed by atoms with Crippen molar-refractivity contribution in [1.82, 2.24) is 0 Å². The number of Topliss-reactive ketones (excluding diaryl/α,β-unsaturated/α-hetero) is 1. The zero-order valence-corrected chi connectivity index (χ0v) is 16.2. The molecule has 0 atom stereocenters. The van der Waals surface area contributed by atoms with Gasteiger partial charge in [-0.05, 0) is 53.6 Å². The van der Waals surface area contributed by atoms with E-state index in [9.17, 15) is 4.79 Å². The summed E-state index contributed by atoms with van der Waals surface area (Å²) in [4.78, 5) is 12.6. The van der Waals surface area contributed by atoms with Crippen molar-refractivity contribution in [2.45, 2.75) is 6.61 Å². The molecule has 1 aliphatic heterocycles. The van der Waals surface area contributed by atoms with Gasteiger partial charge in [-0.2, -0.15) is 0 Å². The SMILES string of the molecule is COc1ccc(COc2ccc3c(c2)O/C(=C\c2cccc(OC)c2)C3=O)cc1. The Morgan fingerprint density at radius 3 is 2.38 bits per heavy atom. The van der Waals surface area contributed by atoms with Gasteiger partial charge >= 0.3 is 0 Å². The van der Waals surface area contributed by atoms with Crippen molar-refractivity contribution in [2.24, 2.45) is 0 Å². The predicted molar refractivity (Wildman–Crippen MR) is 110 cm³/mol. The zero-order chi connectivity index (χ0) is 20.2. The first-order chi connectivity index (χ1) is 14.2. The zero-order valence-electron chi connectivity index (χ0n) is 16.2. The Bertz CT molecular complexity index is 1070. The van der Waals surface area contributed by atoms with E-state index in [0.29, 0.717) is 23.7 Å². The molecular weight excluding hydrogens is 368 g/mol. The van der Waals surface area contributed by atoms with Gasteiger partial charge in [0.25, 0.3) is 0 Å². The fourth-order valence-electron chi connectivity index (χ4n) is 3.03. The Hall–Kier alpha value is -3.73. The third-order valence-electron chi connectivity index (χ3n) is 4.60. The van der Waals surface area contributed by atoms with E-state index >= 15 is 0 Å². The summed E-state index contributed by atoms with van der Waals surface area (Å²) >= 11 is 0. The average Bonchev–Trinajstić information content (AvgIpc) is 3.07. The van der Waals surface area contributed by atoms with Crippen LogP contribution in [0.1, 0.15) is 21.5 Å². The van der Waals surface area contributed by atoms with E-state index in [1.165, 1.54) is 0 Å². The third-order valence-corrected chi connectivity index (χ3v) is 4.60. The number of benzene rings is 3. The van der Waals surface area contributed by atoms with Crippen molar-refractivity contribution in [3.63, 3.8) is 0 Å². The molecule has 0 aliphatic carbocycles. The van der Waals surface area contributed by atoms with E-state index < -0.39 is 0 Å². The molecule has 0 saturated heterocycles. The van der Waals surface area contributed by atoms with Gasteiger partial charge in [0.05, 0.1) is 19.8 Å². The maximum Gasteiger partial charge on any atom is 0.231 e. The maximum absolute atomic E-state index is 12.6. The molecule has 3 aromatic rings. The summed E-state index contributed by atoms with van der Waals surface area (Å²) in [6.45, 7) is 0.406. The van der Waals surface area contributed by atoms with E-state index in [4.69, 9.17) is 18.9 Å². The summed E-state index contributed by atoms with van der Waals surface area (Å²) in [7, 11) is 3.24. The second-order valence-electron chi connectivity index (χ2n) is 6.51. The van der Waals surface area contributed by atoms with E-state index in [2.05, 4.69) is 0 Å². The van der Waals surface area contributed by atoms with Crippen LogP contribution in [-0.4, -0.2) is 20.0 Å². The fraction of sp³-hybridized carbons (Fsp3) is 0.125. The molecule has 3 aromatic carbocycles. The van der Waals surface area contributed by atoms with Crippen molar-refractivity contribution in [3.8, 4) is 23.0 Å². The molecule has 0 spiro atoms. The first-order valence-electron chi connectivity index (χ1n) is 9.14. The lowest BCUT2D eigenvalue weighted by atomic mass is 10.1. The van der Waals surface area contributed by atoms with Crippen LogP contribution in [-0.2, 0) is 6.61 Å². The molecule has 5 nitrogen and oxygen atoms in total. The summed E-state index contributed by atoms with van der Waals surface area (Å²) in [5.41, 5.74) is 2.37. The molecule has 0 fully saturated rings. The molecule has 4 rings (SSSR count). The fourth-order valence-corrected chi connectivity index (χ4v) is 3.03. The molecular formula is C24H20O5. The first-order valence-corrected chi connectivity index (χ1v) is 9.14. The summed E-state index contributed by atoms with van der Waals surface area (Å²) in [5, 5.41) is 0. The van der Waals surface area contributed by atoms with Crippen molar-refractivity contribution < 1.29 is 23.7 Å². The van der Waals surface area contributed by atoms with Gasteiger partial charge in [0.2, 0.25) is 5.78 Å². The standard InChI is InChI=1S/C24H20O5/c1-26-18-8-6-16(7-9-18)15-28-20-10-11-21-22(14-20)29-23(24(21)25)13-17-4-3-5-19(12-17)27-2/h3-14H,15H2,1-2H3/b23-13-. The number of allylic oxidation sites excluding steroid dienone is 1. The number of rotatable bonds is 6. The van der Waals surface area contributed by atoms with Gasteiger partial charge in [0.1, 0.15) is 29.6 Å². The lowest BCUT2D eigenvalue weighted by Crippen LogP contribution is -1.98. The second-order valence-corrected chi connectivity index (χ2v) is 6.51. The molecule has 146 valence electrons. The van der Waals surface area contributed by atoms with Gasteiger partial charge in [-0.1, -0.05) is 24.3 Å². The number of methoxy groups -OCH3 is 2. The van der Waals surface area contributed by atoms with E-state index in [0.717, 1.165) is 22.6 Å². The number of ether oxygens (including phenoxy) is 4. The van der Waals surface area contributed by atoms with Crippen LogP contribution in [0.15, 0.2) is 72.5 Å². The summed E-state index contributed by atoms with van der Waals surface area (Å²) in [5.74, 6) is 2.78. The Morgan fingerprint density at radius 2 is 1.62 bits per heavy atom. The molecule has 0 radical (unpaired) electrons. The van der Waals surface area contributed by atoms with Gasteiger partial charge in [0, 0.05) is 6.07 Å². The van der Waals surface area contributed by atoms with Crippen LogP contribution < -0.4 is 18.9 Å². The van der Waals surface area contributed by atoms with Crippen LogP contribution in [0.3, 0.4) is 0 Å². The topological polar surface area (TPSA) is 54.0 Å². The molecule has 0 bridgehead atoms. The number of hydrogen-bond donors (Lipinski definition) is 0. The van der Waals surface area contributed by atoms with Gasteiger partial charge in [0.15, 0.2) is 5.76 Å². The van der Waals surface area contributed by atoms with Crippen molar-refractivity contribution in [1.29, 1.82) is 0 Å². The quantitative estimate of drug-likeness (QED) is 0.562. The van der Waals surface area contributed by atoms with Gasteiger partial charge in [-0.25, -0.2) is 0 Å². The number of carbonyl (C=O) groups is 1. The van der Waals surface area contributed by atoms with Crippen LogP contribution in [0.4, 0.5) is 0 Å². The minimum atomic E-state index is -0.149. The summed E-state index contributed by atoms with van der Waals surface area (Å²) in [6, 6.07) is 20.4. The Balaban J connectivity index is 1.48. The predicted octanol–water partition coefficient (Wildman–Crippen LogP) is 4.90. The molecule has 5 heteroatoms. The first kappa shape index (κ1) is 18.6. The van der Waals surface area contributed by atoms with Crippen molar-refractivity contribution in [3.05, 3.63) is 89.2 Å². The lowest BCUT2D eigenvalue weighted by Gasteiger charge is -2.08. The van der Waals surface area contributed by atoms with Crippen LogP contribution in [0.2, 0.25) is 0 Å². The maximum atomic E-state index is 12.6. The van der Waals surface area contributed by atoms with Crippen LogP contribution in [0, 0.1) is 0 Å². The highest BCUT2D eigenvalue weighted by Gasteiger charge is 2.27. The van der Waals surface area contributed by atoms with Crippen LogP contribution in [0.25, 0.3) is 6.08 Å². The van der Waals surface area contributed by atoms with Gasteiger partial charge < -0.3 is 18.9 Å². The van der Waals surface area contributed by atoms with Crippen molar-refractivity contribution in [2.75, 3.05) is 14.2 Å². The number of carbonyl (C=O) groups excluding carboxylic acids is 1. The van der Waals surface area contributed by atoms with Crippen LogP contribution in [0.5, 0.6) is 23.0 Å². The molecule has 1 aliphatic rings. The highest BCUT2D eigenvalue weighted by atomic mass is 16.5. The largest absolute Gasteiger partial charge is 0.497 e. The lowest BCUT2D eigenvalue weighted by molar-refractivity contribution is 0.101. The molecule has 29 heavy (non-hydrogen) atoms. The van der Waals surface area contributed by atoms with Gasteiger partial charge in [-0.3, -0.25) is 4.79 Å². The Labute approximate surface area is 169 Å². The van der Waals surface area contributed by atoms with Gasteiger partial charge in [-0.15, -0.1) is 0 Å². The van der Waals surface area contributed by atoms with E-state index in [1.807, 2.05) is 48.5 Å². The Kier molecular flexibility index (Phi) is 5.20. The smallest absolute Gasteiger partial charge is 0.231 e. The highest BCUT2D eigenvalue weighted by molar-refractivity contribution is 6.14. The molecule has 0 saturated carbocycles. The molecule has 0 N–H and O–H groups in total. The van der Waals surface area contributed by atoms with E-state index in [-0.39, 0.29) is 11.5 Å².